The molecule has 0 saturated carbocycles. The highest BCUT2D eigenvalue weighted by Gasteiger charge is 1.92. The van der Waals surface area contributed by atoms with Gasteiger partial charge in [-0.15, -0.1) is 0 Å². The third-order valence-corrected chi connectivity index (χ3v) is 2.01. The number of hydrogen-bond acceptors (Lipinski definition) is 1. The molecule has 0 atom stereocenters. The van der Waals surface area contributed by atoms with Gasteiger partial charge in [0, 0.05) is 12.0 Å². The molecule has 0 amide bonds. The van der Waals surface area contributed by atoms with Gasteiger partial charge in [0.15, 0.2) is 0 Å². The van der Waals surface area contributed by atoms with Gasteiger partial charge >= 0.3 is 0 Å². The summed E-state index contributed by atoms with van der Waals surface area (Å²) in [6.07, 6.45) is 3.01. The van der Waals surface area contributed by atoms with Crippen LogP contribution in [0.25, 0.3) is 0 Å². The van der Waals surface area contributed by atoms with E-state index in [0.717, 1.165) is 31.4 Å². The molecule has 0 spiro atoms. The largest absolute Gasteiger partial charge is 0.330 e. The quantitative estimate of drug-likeness (QED) is 0.722. The Morgan fingerprint density at radius 3 is 2.93 bits per heavy atom. The molecular weight excluding hydrogens is 170 g/mol. The van der Waals surface area contributed by atoms with Gasteiger partial charge < -0.3 is 5.73 Å². The van der Waals surface area contributed by atoms with Crippen molar-refractivity contribution >= 4 is 0 Å². The second-order valence-electron chi connectivity index (χ2n) is 3.25. The predicted molar refractivity (Wildman–Crippen MR) is 61.0 cm³/mol. The third-order valence-electron chi connectivity index (χ3n) is 2.01. The summed E-state index contributed by atoms with van der Waals surface area (Å²) in [6, 6.07) is 8.39. The van der Waals surface area contributed by atoms with E-state index >= 15 is 0 Å². The number of aryl methyl sites for hydroxylation is 1. The predicted octanol–water partition coefficient (Wildman–Crippen LogP) is 2.34. The maximum absolute atomic E-state index is 5.47. The molecule has 1 rings (SSSR count). The lowest BCUT2D eigenvalue weighted by molar-refractivity contribution is 0.832. The molecule has 0 radical (unpaired) electrons. The molecule has 0 bridgehead atoms. The van der Waals surface area contributed by atoms with Gasteiger partial charge in [0.25, 0.3) is 0 Å². The van der Waals surface area contributed by atoms with Crippen molar-refractivity contribution in [3.63, 3.8) is 0 Å². The smallest absolute Gasteiger partial charge is 0.0247 e. The maximum Gasteiger partial charge on any atom is 0.0247 e. The van der Waals surface area contributed by atoms with E-state index in [2.05, 4.69) is 43.0 Å². The van der Waals surface area contributed by atoms with Crippen LogP contribution in [0.3, 0.4) is 0 Å². The van der Waals surface area contributed by atoms with Gasteiger partial charge in [-0.25, -0.2) is 0 Å². The van der Waals surface area contributed by atoms with Crippen molar-refractivity contribution in [2.45, 2.75) is 26.2 Å². The number of hydrogen-bond donors (Lipinski definition) is 1. The lowest BCUT2D eigenvalue weighted by Gasteiger charge is -1.99. The SMILES string of the molecule is CCC#Cc1cccc(CCCN)c1. The molecule has 0 aliphatic rings. The molecule has 1 aromatic rings. The maximum atomic E-state index is 5.47. The van der Waals surface area contributed by atoms with Gasteiger partial charge in [-0.2, -0.15) is 0 Å². The van der Waals surface area contributed by atoms with Crippen LogP contribution in [0.15, 0.2) is 24.3 Å². The van der Waals surface area contributed by atoms with Gasteiger partial charge in [-0.1, -0.05) is 30.9 Å². The van der Waals surface area contributed by atoms with Crippen molar-refractivity contribution in [1.82, 2.24) is 0 Å². The van der Waals surface area contributed by atoms with E-state index in [9.17, 15) is 0 Å². The molecule has 0 saturated heterocycles. The Balaban J connectivity index is 2.68. The molecule has 0 aliphatic carbocycles. The first-order valence-corrected chi connectivity index (χ1v) is 5.14. The van der Waals surface area contributed by atoms with Crippen LogP contribution in [0.2, 0.25) is 0 Å². The molecule has 74 valence electrons. The zero-order chi connectivity index (χ0) is 10.2. The summed E-state index contributed by atoms with van der Waals surface area (Å²) in [5, 5.41) is 0. The van der Waals surface area contributed by atoms with Crippen LogP contribution in [0.5, 0.6) is 0 Å². The van der Waals surface area contributed by atoms with Crippen LogP contribution in [-0.4, -0.2) is 6.54 Å². The summed E-state index contributed by atoms with van der Waals surface area (Å²) in [7, 11) is 0. The Labute approximate surface area is 86.3 Å². The number of rotatable bonds is 3. The zero-order valence-corrected chi connectivity index (χ0v) is 8.72. The van der Waals surface area contributed by atoms with Gasteiger partial charge in [0.1, 0.15) is 0 Å². The Bertz CT molecular complexity index is 331. The Morgan fingerprint density at radius 2 is 2.21 bits per heavy atom. The van der Waals surface area contributed by atoms with Crippen LogP contribution in [0.4, 0.5) is 0 Å². The topological polar surface area (TPSA) is 26.0 Å². The normalized spacial score (nSPS) is 9.29. The first kappa shape index (κ1) is 10.8. The van der Waals surface area contributed by atoms with E-state index in [0.29, 0.717) is 0 Å². The Kier molecular flexibility index (Phi) is 4.82. The average Bonchev–Trinajstić information content (AvgIpc) is 2.24. The fraction of sp³-hybridized carbons (Fsp3) is 0.385. The van der Waals surface area contributed by atoms with E-state index in [4.69, 9.17) is 5.73 Å². The summed E-state index contributed by atoms with van der Waals surface area (Å²) >= 11 is 0. The van der Waals surface area contributed by atoms with Crippen molar-refractivity contribution < 1.29 is 0 Å². The van der Waals surface area contributed by atoms with Crippen LogP contribution < -0.4 is 5.73 Å². The van der Waals surface area contributed by atoms with Gasteiger partial charge in [0.05, 0.1) is 0 Å². The van der Waals surface area contributed by atoms with Crippen LogP contribution in [0.1, 0.15) is 30.9 Å². The summed E-state index contributed by atoms with van der Waals surface area (Å²) in [5.41, 5.74) is 7.91. The molecule has 0 aromatic heterocycles. The monoisotopic (exact) mass is 187 g/mol. The fourth-order valence-electron chi connectivity index (χ4n) is 1.30. The lowest BCUT2D eigenvalue weighted by Crippen LogP contribution is -2.00. The number of benzene rings is 1. The van der Waals surface area contributed by atoms with E-state index in [1.165, 1.54) is 5.56 Å². The van der Waals surface area contributed by atoms with Crippen molar-refractivity contribution in [3.8, 4) is 11.8 Å². The summed E-state index contributed by atoms with van der Waals surface area (Å²) in [6.45, 7) is 2.82. The minimum absolute atomic E-state index is 0.755. The fourth-order valence-corrected chi connectivity index (χ4v) is 1.30. The minimum Gasteiger partial charge on any atom is -0.330 e. The number of nitrogens with two attached hydrogens (primary N) is 1. The van der Waals surface area contributed by atoms with Crippen molar-refractivity contribution in [2.75, 3.05) is 6.54 Å². The summed E-state index contributed by atoms with van der Waals surface area (Å²) < 4.78 is 0. The zero-order valence-electron chi connectivity index (χ0n) is 8.72. The summed E-state index contributed by atoms with van der Waals surface area (Å²) in [5.74, 6) is 6.20. The molecule has 1 aromatic carbocycles. The molecule has 0 heterocycles. The van der Waals surface area contributed by atoms with E-state index in [1.54, 1.807) is 0 Å². The summed E-state index contributed by atoms with van der Waals surface area (Å²) in [4.78, 5) is 0. The Morgan fingerprint density at radius 1 is 1.36 bits per heavy atom. The standard InChI is InChI=1S/C13H17N/c1-2-3-6-12-7-4-8-13(11-12)9-5-10-14/h4,7-8,11H,2,5,9-10,14H2,1H3. The van der Waals surface area contributed by atoms with Gasteiger partial charge in [0.2, 0.25) is 0 Å². The molecule has 1 heteroatoms. The van der Waals surface area contributed by atoms with Gasteiger partial charge in [-0.05, 0) is 37.1 Å². The highest BCUT2D eigenvalue weighted by molar-refractivity contribution is 5.37. The third kappa shape index (κ3) is 3.64. The molecular formula is C13H17N. The van der Waals surface area contributed by atoms with Crippen LogP contribution in [-0.2, 0) is 6.42 Å². The minimum atomic E-state index is 0.755. The molecule has 14 heavy (non-hydrogen) atoms. The molecule has 0 fully saturated rings. The first-order valence-electron chi connectivity index (χ1n) is 5.14. The molecule has 0 aliphatic heterocycles. The van der Waals surface area contributed by atoms with Crippen molar-refractivity contribution in [3.05, 3.63) is 35.4 Å². The lowest BCUT2D eigenvalue weighted by atomic mass is 10.1. The van der Waals surface area contributed by atoms with E-state index in [-0.39, 0.29) is 0 Å². The van der Waals surface area contributed by atoms with Crippen molar-refractivity contribution in [2.24, 2.45) is 5.73 Å². The second-order valence-corrected chi connectivity index (χ2v) is 3.25. The van der Waals surface area contributed by atoms with Crippen LogP contribution >= 0.6 is 0 Å². The highest BCUT2D eigenvalue weighted by atomic mass is 14.5. The highest BCUT2D eigenvalue weighted by Crippen LogP contribution is 2.06. The molecule has 0 unspecified atom stereocenters. The Hall–Kier alpha value is -1.26. The van der Waals surface area contributed by atoms with Crippen molar-refractivity contribution in [1.29, 1.82) is 0 Å². The van der Waals surface area contributed by atoms with E-state index < -0.39 is 0 Å². The van der Waals surface area contributed by atoms with Gasteiger partial charge in [-0.3, -0.25) is 0 Å². The average molecular weight is 187 g/mol. The first-order chi connectivity index (χ1) is 6.86. The van der Waals surface area contributed by atoms with E-state index in [1.807, 2.05) is 0 Å². The second kappa shape index (κ2) is 6.23. The molecule has 1 nitrogen and oxygen atoms in total. The molecule has 2 N–H and O–H groups in total. The van der Waals surface area contributed by atoms with Crippen LogP contribution in [0, 0.1) is 11.8 Å².